The van der Waals surface area contributed by atoms with E-state index in [4.69, 9.17) is 32.7 Å². The van der Waals surface area contributed by atoms with Crippen LogP contribution in [0.2, 0.25) is 10.0 Å². The molecule has 1 N–H and O–H groups in total. The lowest BCUT2D eigenvalue weighted by Gasteiger charge is -2.32. The van der Waals surface area contributed by atoms with Crippen LogP contribution in [0.1, 0.15) is 31.4 Å². The molecule has 0 radical (unpaired) electrons. The summed E-state index contributed by atoms with van der Waals surface area (Å²) in [4.78, 5) is 28.8. The van der Waals surface area contributed by atoms with Gasteiger partial charge in [0.1, 0.15) is 6.04 Å². The number of para-hydroxylation sites is 2. The average Bonchev–Trinajstić information content (AvgIpc) is 2.91. The molecule has 2 atom stereocenters. The van der Waals surface area contributed by atoms with Crippen LogP contribution in [0.4, 0.5) is 0 Å². The fourth-order valence-electron chi connectivity index (χ4n) is 3.81. The Morgan fingerprint density at radius 3 is 2.16 bits per heavy atom. The summed E-state index contributed by atoms with van der Waals surface area (Å²) in [7, 11) is 1.53. The van der Waals surface area contributed by atoms with Crippen LogP contribution < -0.4 is 14.8 Å². The number of amides is 2. The number of methoxy groups -OCH3 is 1. The van der Waals surface area contributed by atoms with Gasteiger partial charge in [-0.05, 0) is 43.2 Å². The Morgan fingerprint density at radius 2 is 1.54 bits per heavy atom. The molecular weight excluding hydrogens is 511 g/mol. The highest BCUT2D eigenvalue weighted by molar-refractivity contribution is 6.36. The van der Waals surface area contributed by atoms with Crippen LogP contribution >= 0.6 is 23.2 Å². The maximum absolute atomic E-state index is 13.7. The van der Waals surface area contributed by atoms with Crippen LogP contribution in [-0.2, 0) is 22.6 Å². The number of nitrogens with one attached hydrogen (secondary N) is 1. The highest BCUT2D eigenvalue weighted by atomic mass is 35.5. The van der Waals surface area contributed by atoms with E-state index in [0.29, 0.717) is 33.5 Å². The summed E-state index contributed by atoms with van der Waals surface area (Å²) in [6.07, 6.45) is 1.07. The lowest BCUT2D eigenvalue weighted by molar-refractivity contribution is -0.143. The predicted molar refractivity (Wildman–Crippen MR) is 147 cm³/mol. The van der Waals surface area contributed by atoms with Crippen molar-refractivity contribution in [3.8, 4) is 11.5 Å². The Bertz CT molecular complexity index is 1170. The van der Waals surface area contributed by atoms with Gasteiger partial charge in [0.2, 0.25) is 5.91 Å². The summed E-state index contributed by atoms with van der Waals surface area (Å²) in [6, 6.07) is 20.9. The second-order valence-electron chi connectivity index (χ2n) is 8.68. The first-order chi connectivity index (χ1) is 17.8. The molecule has 0 spiro atoms. The molecule has 0 aliphatic rings. The monoisotopic (exact) mass is 542 g/mol. The fourth-order valence-corrected chi connectivity index (χ4v) is 4.33. The van der Waals surface area contributed by atoms with E-state index in [1.165, 1.54) is 12.0 Å². The van der Waals surface area contributed by atoms with Gasteiger partial charge in [-0.3, -0.25) is 9.59 Å². The SMILES string of the molecule is CC[C@@H](C)NC(=O)[C@H](Cc1ccccc1)N(Cc1c(Cl)cccc1Cl)C(=O)COc1ccccc1OC. The van der Waals surface area contributed by atoms with Crippen molar-refractivity contribution in [2.75, 3.05) is 13.7 Å². The number of nitrogens with zero attached hydrogens (tertiary/aromatic N) is 1. The van der Waals surface area contributed by atoms with Gasteiger partial charge in [-0.25, -0.2) is 0 Å². The molecule has 3 rings (SSSR count). The minimum absolute atomic E-state index is 0.0397. The molecular formula is C29H32Cl2N2O4. The molecule has 3 aromatic rings. The van der Waals surface area contributed by atoms with Crippen LogP contribution in [0.25, 0.3) is 0 Å². The normalized spacial score (nSPS) is 12.4. The number of halogens is 2. The van der Waals surface area contributed by atoms with Gasteiger partial charge >= 0.3 is 0 Å². The molecule has 0 fully saturated rings. The first kappa shape index (κ1) is 28.4. The largest absolute Gasteiger partial charge is 0.493 e. The summed E-state index contributed by atoms with van der Waals surface area (Å²) < 4.78 is 11.2. The van der Waals surface area contributed by atoms with Gasteiger partial charge in [0, 0.05) is 34.6 Å². The third-order valence-electron chi connectivity index (χ3n) is 6.08. The van der Waals surface area contributed by atoms with E-state index < -0.39 is 6.04 Å². The van der Waals surface area contributed by atoms with E-state index in [1.54, 1.807) is 36.4 Å². The van der Waals surface area contributed by atoms with Crippen molar-refractivity contribution in [2.45, 2.75) is 45.3 Å². The highest BCUT2D eigenvalue weighted by Crippen LogP contribution is 2.28. The molecule has 2 amide bonds. The molecule has 8 heteroatoms. The summed E-state index contributed by atoms with van der Waals surface area (Å²) >= 11 is 12.9. The molecule has 0 bridgehead atoms. The zero-order valence-electron chi connectivity index (χ0n) is 21.2. The maximum Gasteiger partial charge on any atom is 0.261 e. The van der Waals surface area contributed by atoms with E-state index in [9.17, 15) is 9.59 Å². The Balaban J connectivity index is 1.98. The quantitative estimate of drug-likeness (QED) is 0.307. The predicted octanol–water partition coefficient (Wildman–Crippen LogP) is 5.94. The number of carbonyl (C=O) groups is 2. The molecule has 3 aromatic carbocycles. The topological polar surface area (TPSA) is 67.9 Å². The van der Waals surface area contributed by atoms with Crippen molar-refractivity contribution in [2.24, 2.45) is 0 Å². The fraction of sp³-hybridized carbons (Fsp3) is 0.310. The summed E-state index contributed by atoms with van der Waals surface area (Å²) in [5.74, 6) is 0.290. The number of rotatable bonds is 12. The number of hydrogen-bond acceptors (Lipinski definition) is 4. The molecule has 0 aromatic heterocycles. The minimum atomic E-state index is -0.822. The Hall–Kier alpha value is -3.22. The zero-order valence-corrected chi connectivity index (χ0v) is 22.8. The number of carbonyl (C=O) groups excluding carboxylic acids is 2. The summed E-state index contributed by atoms with van der Waals surface area (Å²) in [5, 5.41) is 3.86. The van der Waals surface area contributed by atoms with E-state index in [-0.39, 0.29) is 31.0 Å². The van der Waals surface area contributed by atoms with Crippen LogP contribution in [0.15, 0.2) is 72.8 Å². The van der Waals surface area contributed by atoms with E-state index in [0.717, 1.165) is 12.0 Å². The minimum Gasteiger partial charge on any atom is -0.493 e. The molecule has 6 nitrogen and oxygen atoms in total. The van der Waals surface area contributed by atoms with Crippen LogP contribution in [0.5, 0.6) is 11.5 Å². The van der Waals surface area contributed by atoms with Crippen molar-refractivity contribution < 1.29 is 19.1 Å². The lowest BCUT2D eigenvalue weighted by atomic mass is 10.0. The maximum atomic E-state index is 13.7. The van der Waals surface area contributed by atoms with Crippen molar-refractivity contribution in [1.82, 2.24) is 10.2 Å². The van der Waals surface area contributed by atoms with E-state index >= 15 is 0 Å². The van der Waals surface area contributed by atoms with Gasteiger partial charge in [0.05, 0.1) is 7.11 Å². The molecule has 0 saturated heterocycles. The molecule has 0 aliphatic carbocycles. The third kappa shape index (κ3) is 7.88. The smallest absolute Gasteiger partial charge is 0.261 e. The Labute approximate surface area is 228 Å². The number of hydrogen-bond donors (Lipinski definition) is 1. The van der Waals surface area contributed by atoms with E-state index in [2.05, 4.69) is 5.32 Å². The van der Waals surface area contributed by atoms with Gasteiger partial charge in [0.15, 0.2) is 18.1 Å². The zero-order chi connectivity index (χ0) is 26.8. The number of ether oxygens (including phenoxy) is 2. The molecule has 0 saturated carbocycles. The van der Waals surface area contributed by atoms with Gasteiger partial charge in [-0.2, -0.15) is 0 Å². The van der Waals surface area contributed by atoms with Crippen molar-refractivity contribution in [1.29, 1.82) is 0 Å². The second-order valence-corrected chi connectivity index (χ2v) is 9.50. The second kappa shape index (κ2) is 13.9. The van der Waals surface area contributed by atoms with Gasteiger partial charge in [0.25, 0.3) is 5.91 Å². The molecule has 196 valence electrons. The van der Waals surface area contributed by atoms with E-state index in [1.807, 2.05) is 50.2 Å². The van der Waals surface area contributed by atoms with Gasteiger partial charge in [-0.15, -0.1) is 0 Å². The average molecular weight is 543 g/mol. The first-order valence-electron chi connectivity index (χ1n) is 12.2. The molecule has 0 aliphatic heterocycles. The van der Waals surface area contributed by atoms with Gasteiger partial charge < -0.3 is 19.7 Å². The van der Waals surface area contributed by atoms with Crippen molar-refractivity contribution in [3.63, 3.8) is 0 Å². The van der Waals surface area contributed by atoms with Gasteiger partial charge in [-0.1, -0.05) is 78.7 Å². The Morgan fingerprint density at radius 1 is 0.919 bits per heavy atom. The Kier molecular flexibility index (Phi) is 10.7. The third-order valence-corrected chi connectivity index (χ3v) is 6.79. The lowest BCUT2D eigenvalue weighted by Crippen LogP contribution is -2.53. The van der Waals surface area contributed by atoms with Crippen molar-refractivity contribution >= 4 is 35.0 Å². The van der Waals surface area contributed by atoms with Crippen LogP contribution in [-0.4, -0.2) is 42.5 Å². The highest BCUT2D eigenvalue weighted by Gasteiger charge is 2.32. The first-order valence-corrected chi connectivity index (χ1v) is 12.9. The van der Waals surface area contributed by atoms with Crippen LogP contribution in [0.3, 0.4) is 0 Å². The summed E-state index contributed by atoms with van der Waals surface area (Å²) in [6.45, 7) is 3.66. The summed E-state index contributed by atoms with van der Waals surface area (Å²) in [5.41, 5.74) is 1.48. The van der Waals surface area contributed by atoms with Crippen molar-refractivity contribution in [3.05, 3.63) is 94.0 Å². The molecule has 37 heavy (non-hydrogen) atoms. The standard InChI is InChI=1S/C29H32Cl2N2O4/c1-4-20(2)32-29(35)25(17-21-11-6-5-7-12-21)33(18-22-23(30)13-10-14-24(22)31)28(34)19-37-27-16-9-8-15-26(27)36-3/h5-16,20,25H,4,17-19H2,1-3H3,(H,32,35)/t20-,25+/m1/s1. The van der Waals surface area contributed by atoms with Crippen LogP contribution in [0, 0.1) is 0 Å². The molecule has 0 unspecified atom stereocenters. The number of benzene rings is 3. The molecule has 0 heterocycles.